The summed E-state index contributed by atoms with van der Waals surface area (Å²) in [5.41, 5.74) is 7.11. The Kier molecular flexibility index (Phi) is 2.76. The molecule has 3 aliphatic rings. The second-order valence-corrected chi connectivity index (χ2v) is 8.72. The fourth-order valence-corrected chi connectivity index (χ4v) is 5.96. The summed E-state index contributed by atoms with van der Waals surface area (Å²) in [6, 6.07) is 11.1. The van der Waals surface area contributed by atoms with Gasteiger partial charge >= 0.3 is 0 Å². The molecular formula is C21H17ClS. The fraction of sp³-hybridized carbons (Fsp3) is 0.238. The molecule has 2 aromatic carbocycles. The van der Waals surface area contributed by atoms with Crippen molar-refractivity contribution >= 4 is 23.4 Å². The standard InChI is InChI=1S/C21H17ClS/c1-21(2)16-10-9-14-13-5-3-4-6-18(13)23-20(14)19(16)15-8-7-12(22)11-17(15)21/h3-11,13,18H,1-2H3. The average Bonchev–Trinajstić information content (AvgIpc) is 3.02. The summed E-state index contributed by atoms with van der Waals surface area (Å²) in [4.78, 5) is 1.47. The first-order valence-electron chi connectivity index (χ1n) is 8.07. The van der Waals surface area contributed by atoms with E-state index in [1.165, 1.54) is 32.7 Å². The van der Waals surface area contributed by atoms with E-state index in [-0.39, 0.29) is 5.41 Å². The molecule has 0 spiro atoms. The Morgan fingerprint density at radius 2 is 1.83 bits per heavy atom. The minimum absolute atomic E-state index is 0.0185. The molecule has 2 heteroatoms. The third kappa shape index (κ3) is 1.75. The lowest BCUT2D eigenvalue weighted by Gasteiger charge is -2.22. The lowest BCUT2D eigenvalue weighted by molar-refractivity contribution is 0.659. The largest absolute Gasteiger partial charge is 0.117 e. The number of fused-ring (bicyclic) bond motifs is 7. The molecule has 1 heterocycles. The third-order valence-electron chi connectivity index (χ3n) is 5.48. The van der Waals surface area contributed by atoms with Crippen LogP contribution >= 0.6 is 23.4 Å². The molecule has 0 bridgehead atoms. The molecule has 114 valence electrons. The Hall–Kier alpha value is -1.44. The highest BCUT2D eigenvalue weighted by Gasteiger charge is 2.41. The Morgan fingerprint density at radius 3 is 2.70 bits per heavy atom. The van der Waals surface area contributed by atoms with Crippen molar-refractivity contribution in [3.05, 3.63) is 76.3 Å². The highest BCUT2D eigenvalue weighted by Crippen LogP contribution is 2.58. The maximum absolute atomic E-state index is 6.29. The molecule has 0 N–H and O–H groups in total. The fourth-order valence-electron chi connectivity index (χ4n) is 4.29. The molecular weight excluding hydrogens is 320 g/mol. The lowest BCUT2D eigenvalue weighted by atomic mass is 9.81. The summed E-state index contributed by atoms with van der Waals surface area (Å²) in [6.45, 7) is 4.62. The van der Waals surface area contributed by atoms with Crippen LogP contribution in [0.5, 0.6) is 0 Å². The van der Waals surface area contributed by atoms with Gasteiger partial charge in [0.1, 0.15) is 0 Å². The van der Waals surface area contributed by atoms with Gasteiger partial charge in [-0.2, -0.15) is 0 Å². The van der Waals surface area contributed by atoms with Crippen molar-refractivity contribution < 1.29 is 0 Å². The van der Waals surface area contributed by atoms with E-state index in [1.807, 2.05) is 17.8 Å². The molecule has 2 atom stereocenters. The zero-order valence-electron chi connectivity index (χ0n) is 13.1. The van der Waals surface area contributed by atoms with E-state index in [1.54, 1.807) is 0 Å². The first kappa shape index (κ1) is 13.9. The van der Waals surface area contributed by atoms with Gasteiger partial charge in [-0.3, -0.25) is 0 Å². The zero-order valence-corrected chi connectivity index (χ0v) is 14.7. The predicted octanol–water partition coefficient (Wildman–Crippen LogP) is 6.33. The number of thioether (sulfide) groups is 1. The zero-order chi connectivity index (χ0) is 15.8. The molecule has 0 aromatic heterocycles. The Bertz CT molecular complexity index is 904. The number of allylic oxidation sites excluding steroid dienone is 3. The molecule has 23 heavy (non-hydrogen) atoms. The van der Waals surface area contributed by atoms with Crippen LogP contribution in [-0.4, -0.2) is 5.25 Å². The van der Waals surface area contributed by atoms with Crippen molar-refractivity contribution in [3.8, 4) is 11.1 Å². The number of rotatable bonds is 0. The molecule has 5 rings (SSSR count). The van der Waals surface area contributed by atoms with Crippen molar-refractivity contribution in [1.29, 1.82) is 0 Å². The van der Waals surface area contributed by atoms with E-state index >= 15 is 0 Å². The second-order valence-electron chi connectivity index (χ2n) is 7.10. The molecule has 0 saturated carbocycles. The van der Waals surface area contributed by atoms with E-state index in [2.05, 4.69) is 62.4 Å². The van der Waals surface area contributed by atoms with Crippen molar-refractivity contribution in [3.63, 3.8) is 0 Å². The van der Waals surface area contributed by atoms with Crippen LogP contribution in [0.1, 0.15) is 36.5 Å². The van der Waals surface area contributed by atoms with E-state index < -0.39 is 0 Å². The van der Waals surface area contributed by atoms with Gasteiger partial charge in [0.2, 0.25) is 0 Å². The minimum atomic E-state index is 0.0185. The number of hydrogen-bond donors (Lipinski definition) is 0. The van der Waals surface area contributed by atoms with Gasteiger partial charge in [0.25, 0.3) is 0 Å². The van der Waals surface area contributed by atoms with Crippen molar-refractivity contribution in [2.45, 2.75) is 35.3 Å². The topological polar surface area (TPSA) is 0 Å². The minimum Gasteiger partial charge on any atom is -0.117 e. The highest BCUT2D eigenvalue weighted by atomic mass is 35.5. The van der Waals surface area contributed by atoms with E-state index in [9.17, 15) is 0 Å². The van der Waals surface area contributed by atoms with Crippen LogP contribution in [0.3, 0.4) is 0 Å². The van der Waals surface area contributed by atoms with Gasteiger partial charge in [-0.25, -0.2) is 0 Å². The molecule has 2 unspecified atom stereocenters. The van der Waals surface area contributed by atoms with Crippen molar-refractivity contribution in [1.82, 2.24) is 0 Å². The van der Waals surface area contributed by atoms with Crippen LogP contribution in [0.2, 0.25) is 5.02 Å². The maximum Gasteiger partial charge on any atom is 0.0409 e. The maximum atomic E-state index is 6.29. The molecule has 2 aliphatic carbocycles. The summed E-state index contributed by atoms with van der Waals surface area (Å²) in [6.07, 6.45) is 9.04. The lowest BCUT2D eigenvalue weighted by Crippen LogP contribution is -2.15. The Balaban J connectivity index is 1.81. The molecule has 0 amide bonds. The third-order valence-corrected chi connectivity index (χ3v) is 7.12. The van der Waals surface area contributed by atoms with Crippen LogP contribution in [0.25, 0.3) is 11.1 Å². The number of halogens is 1. The molecule has 0 saturated heterocycles. The SMILES string of the molecule is CC1(C)c2cc(Cl)ccc2-c2c1ccc1c2SC2C=CC=CC12. The summed E-state index contributed by atoms with van der Waals surface area (Å²) >= 11 is 8.31. The molecule has 1 aliphatic heterocycles. The molecule has 0 radical (unpaired) electrons. The first-order chi connectivity index (χ1) is 11.1. The van der Waals surface area contributed by atoms with E-state index in [0.29, 0.717) is 11.2 Å². The van der Waals surface area contributed by atoms with Gasteiger partial charge in [-0.05, 0) is 39.9 Å². The number of benzene rings is 2. The molecule has 0 nitrogen and oxygen atoms in total. The normalized spacial score (nSPS) is 25.0. The van der Waals surface area contributed by atoms with Crippen molar-refractivity contribution in [2.24, 2.45) is 0 Å². The smallest absolute Gasteiger partial charge is 0.0409 e. The van der Waals surface area contributed by atoms with E-state index in [0.717, 1.165) is 5.02 Å². The Labute approximate surface area is 146 Å². The van der Waals surface area contributed by atoms with Crippen LogP contribution < -0.4 is 0 Å². The van der Waals surface area contributed by atoms with Gasteiger partial charge in [-0.1, -0.05) is 68.0 Å². The second kappa shape index (κ2) is 4.55. The van der Waals surface area contributed by atoms with Crippen LogP contribution in [0.4, 0.5) is 0 Å². The quantitative estimate of drug-likeness (QED) is 0.541. The van der Waals surface area contributed by atoms with Gasteiger partial charge in [0.15, 0.2) is 0 Å². The van der Waals surface area contributed by atoms with Gasteiger partial charge < -0.3 is 0 Å². The summed E-state index contributed by atoms with van der Waals surface area (Å²) in [5.74, 6) is 0.518. The van der Waals surface area contributed by atoms with Gasteiger partial charge in [0, 0.05) is 26.5 Å². The molecule has 2 aromatic rings. The Morgan fingerprint density at radius 1 is 1.00 bits per heavy atom. The van der Waals surface area contributed by atoms with Gasteiger partial charge in [-0.15, -0.1) is 11.8 Å². The predicted molar refractivity (Wildman–Crippen MR) is 99.7 cm³/mol. The summed E-state index contributed by atoms with van der Waals surface area (Å²) < 4.78 is 0. The average molecular weight is 337 g/mol. The van der Waals surface area contributed by atoms with E-state index in [4.69, 9.17) is 11.6 Å². The molecule has 0 fully saturated rings. The highest BCUT2D eigenvalue weighted by molar-refractivity contribution is 8.00. The summed E-state index contributed by atoms with van der Waals surface area (Å²) in [5, 5.41) is 1.37. The van der Waals surface area contributed by atoms with Crippen LogP contribution in [0, 0.1) is 0 Å². The van der Waals surface area contributed by atoms with Gasteiger partial charge in [0.05, 0.1) is 0 Å². The first-order valence-corrected chi connectivity index (χ1v) is 9.32. The monoisotopic (exact) mass is 336 g/mol. The van der Waals surface area contributed by atoms with Crippen molar-refractivity contribution in [2.75, 3.05) is 0 Å². The summed E-state index contributed by atoms with van der Waals surface area (Å²) in [7, 11) is 0. The van der Waals surface area contributed by atoms with Crippen LogP contribution in [-0.2, 0) is 5.41 Å². The van der Waals surface area contributed by atoms with Crippen LogP contribution in [0.15, 0.2) is 59.5 Å². The number of hydrogen-bond acceptors (Lipinski definition) is 1.